The van der Waals surface area contributed by atoms with Gasteiger partial charge in [0.2, 0.25) is 0 Å². The van der Waals surface area contributed by atoms with Crippen molar-refractivity contribution in [2.75, 3.05) is 39.6 Å². The van der Waals surface area contributed by atoms with Gasteiger partial charge in [0.1, 0.15) is 5.75 Å². The van der Waals surface area contributed by atoms with Crippen LogP contribution in [-0.4, -0.2) is 56.2 Å². The molecule has 2 aromatic rings. The van der Waals surface area contributed by atoms with Crippen LogP contribution in [-0.2, 0) is 0 Å². The van der Waals surface area contributed by atoms with Crippen LogP contribution in [0.4, 0.5) is 10.5 Å². The number of methoxy groups -OCH3 is 1. The van der Waals surface area contributed by atoms with Crippen LogP contribution in [0.2, 0.25) is 0 Å². The van der Waals surface area contributed by atoms with Crippen molar-refractivity contribution in [1.29, 1.82) is 0 Å². The lowest BCUT2D eigenvalue weighted by atomic mass is 10.2. The molecule has 2 amide bonds. The Hall–Kier alpha value is -2.73. The summed E-state index contributed by atoms with van der Waals surface area (Å²) in [5.41, 5.74) is 0.746. The normalized spacial score (nSPS) is 16.6. The molecule has 0 unspecified atom stereocenters. The third-order valence-corrected chi connectivity index (χ3v) is 4.58. The van der Waals surface area contributed by atoms with Crippen LogP contribution in [0.1, 0.15) is 6.42 Å². The number of benzene rings is 2. The molecule has 2 aromatic carbocycles. The number of rotatable bonds is 5. The maximum absolute atomic E-state index is 12.4. The van der Waals surface area contributed by atoms with Gasteiger partial charge in [-0.1, -0.05) is 12.1 Å². The van der Waals surface area contributed by atoms with Crippen LogP contribution in [0.25, 0.3) is 0 Å². The number of likely N-dealkylation sites (N-methyl/N-ethyl adjacent to an activating group) is 1. The van der Waals surface area contributed by atoms with Crippen molar-refractivity contribution in [2.24, 2.45) is 0 Å². The Morgan fingerprint density at radius 1 is 1.12 bits per heavy atom. The first-order valence-corrected chi connectivity index (χ1v) is 8.70. The summed E-state index contributed by atoms with van der Waals surface area (Å²) in [5, 5.41) is 2.95. The van der Waals surface area contributed by atoms with Gasteiger partial charge in [0.25, 0.3) is 0 Å². The molecule has 0 aliphatic carbocycles. The molecule has 26 heavy (non-hydrogen) atoms. The van der Waals surface area contributed by atoms with Crippen molar-refractivity contribution in [3.63, 3.8) is 0 Å². The number of carbonyl (C=O) groups is 1. The fourth-order valence-corrected chi connectivity index (χ4v) is 2.99. The fraction of sp³-hybridized carbons (Fsp3) is 0.350. The number of nitrogens with one attached hydrogen (secondary N) is 1. The van der Waals surface area contributed by atoms with E-state index in [0.717, 1.165) is 25.2 Å². The highest BCUT2D eigenvalue weighted by atomic mass is 16.5. The zero-order valence-electron chi connectivity index (χ0n) is 15.4. The summed E-state index contributed by atoms with van der Waals surface area (Å²) < 4.78 is 11.1. The van der Waals surface area contributed by atoms with Crippen molar-refractivity contribution < 1.29 is 14.3 Å². The van der Waals surface area contributed by atoms with Crippen molar-refractivity contribution in [3.05, 3.63) is 48.5 Å². The van der Waals surface area contributed by atoms with Gasteiger partial charge >= 0.3 is 6.03 Å². The Kier molecular flexibility index (Phi) is 5.63. The van der Waals surface area contributed by atoms with Gasteiger partial charge in [-0.15, -0.1) is 0 Å². The SMILES string of the molecule is COc1ccccc1Oc1ccc(NC(=O)N2CC[C@H](N(C)C)C2)cc1. The van der Waals surface area contributed by atoms with E-state index >= 15 is 0 Å². The van der Waals surface area contributed by atoms with Crippen LogP contribution < -0.4 is 14.8 Å². The Balaban J connectivity index is 1.59. The van der Waals surface area contributed by atoms with Gasteiger partial charge in [0, 0.05) is 24.8 Å². The predicted octanol–water partition coefficient (Wildman–Crippen LogP) is 3.66. The molecule has 0 radical (unpaired) electrons. The molecule has 1 atom stereocenters. The number of anilines is 1. The van der Waals surface area contributed by atoms with Crippen LogP contribution in [0.5, 0.6) is 17.2 Å². The lowest BCUT2D eigenvalue weighted by Crippen LogP contribution is -2.36. The average molecular weight is 355 g/mol. The summed E-state index contributed by atoms with van der Waals surface area (Å²) in [4.78, 5) is 16.4. The van der Waals surface area contributed by atoms with Gasteiger partial charge in [0.15, 0.2) is 11.5 Å². The summed E-state index contributed by atoms with van der Waals surface area (Å²) in [6.45, 7) is 1.54. The number of urea groups is 1. The number of para-hydroxylation sites is 2. The third kappa shape index (κ3) is 4.26. The minimum atomic E-state index is -0.0623. The minimum absolute atomic E-state index is 0.0623. The van der Waals surface area contributed by atoms with Crippen LogP contribution in [0, 0.1) is 0 Å². The van der Waals surface area contributed by atoms with E-state index < -0.39 is 0 Å². The quantitative estimate of drug-likeness (QED) is 0.889. The van der Waals surface area contributed by atoms with E-state index in [1.807, 2.05) is 67.5 Å². The van der Waals surface area contributed by atoms with E-state index in [0.29, 0.717) is 23.3 Å². The minimum Gasteiger partial charge on any atom is -0.493 e. The maximum Gasteiger partial charge on any atom is 0.321 e. The molecule has 1 aliphatic heterocycles. The number of ether oxygens (including phenoxy) is 2. The smallest absolute Gasteiger partial charge is 0.321 e. The van der Waals surface area contributed by atoms with Crippen LogP contribution in [0.15, 0.2) is 48.5 Å². The zero-order valence-corrected chi connectivity index (χ0v) is 15.4. The van der Waals surface area contributed by atoms with E-state index in [4.69, 9.17) is 9.47 Å². The van der Waals surface area contributed by atoms with E-state index in [-0.39, 0.29) is 6.03 Å². The molecule has 1 aliphatic rings. The third-order valence-electron chi connectivity index (χ3n) is 4.58. The van der Waals surface area contributed by atoms with Crippen LogP contribution in [0.3, 0.4) is 0 Å². The zero-order chi connectivity index (χ0) is 18.5. The maximum atomic E-state index is 12.4. The summed E-state index contributed by atoms with van der Waals surface area (Å²) in [7, 11) is 5.71. The van der Waals surface area contributed by atoms with E-state index in [9.17, 15) is 4.79 Å². The molecule has 6 heteroatoms. The number of likely N-dealkylation sites (tertiary alicyclic amines) is 1. The van der Waals surface area contributed by atoms with Gasteiger partial charge in [-0.3, -0.25) is 0 Å². The number of hydrogen-bond donors (Lipinski definition) is 1. The molecule has 1 N–H and O–H groups in total. The molecule has 1 saturated heterocycles. The highest BCUT2D eigenvalue weighted by Crippen LogP contribution is 2.31. The van der Waals surface area contributed by atoms with Crippen LogP contribution >= 0.6 is 0 Å². The van der Waals surface area contributed by atoms with E-state index in [2.05, 4.69) is 10.2 Å². The number of carbonyl (C=O) groups excluding carboxylic acids is 1. The molecule has 0 aromatic heterocycles. The first kappa shape index (κ1) is 18.1. The number of amides is 2. The van der Waals surface area contributed by atoms with Gasteiger partial charge in [-0.2, -0.15) is 0 Å². The van der Waals surface area contributed by atoms with E-state index in [1.165, 1.54) is 0 Å². The molecule has 3 rings (SSSR count). The molecule has 0 saturated carbocycles. The Morgan fingerprint density at radius 2 is 1.81 bits per heavy atom. The fourth-order valence-electron chi connectivity index (χ4n) is 2.99. The molecule has 0 spiro atoms. The second-order valence-electron chi connectivity index (χ2n) is 6.56. The van der Waals surface area contributed by atoms with Gasteiger partial charge in [-0.25, -0.2) is 4.79 Å². The number of hydrogen-bond acceptors (Lipinski definition) is 4. The van der Waals surface area contributed by atoms with Crippen molar-refractivity contribution in [3.8, 4) is 17.2 Å². The summed E-state index contributed by atoms with van der Waals surface area (Å²) in [6, 6.07) is 15.2. The van der Waals surface area contributed by atoms with Gasteiger partial charge < -0.3 is 24.6 Å². The Bertz CT molecular complexity index is 746. The lowest BCUT2D eigenvalue weighted by molar-refractivity contribution is 0.216. The van der Waals surface area contributed by atoms with Crippen molar-refractivity contribution in [2.45, 2.75) is 12.5 Å². The number of nitrogens with zero attached hydrogens (tertiary/aromatic N) is 2. The van der Waals surface area contributed by atoms with E-state index in [1.54, 1.807) is 7.11 Å². The highest BCUT2D eigenvalue weighted by Gasteiger charge is 2.27. The first-order valence-electron chi connectivity index (χ1n) is 8.70. The van der Waals surface area contributed by atoms with Crippen molar-refractivity contribution >= 4 is 11.7 Å². The molecule has 138 valence electrons. The largest absolute Gasteiger partial charge is 0.493 e. The first-order chi connectivity index (χ1) is 12.6. The second-order valence-corrected chi connectivity index (χ2v) is 6.56. The molecular weight excluding hydrogens is 330 g/mol. The topological polar surface area (TPSA) is 54.0 Å². The summed E-state index contributed by atoms with van der Waals surface area (Å²) >= 11 is 0. The molecule has 0 bridgehead atoms. The second kappa shape index (κ2) is 8.10. The molecular formula is C20H25N3O3. The van der Waals surface area contributed by atoms with Crippen molar-refractivity contribution in [1.82, 2.24) is 9.80 Å². The summed E-state index contributed by atoms with van der Waals surface area (Å²) in [5.74, 6) is 2.01. The Morgan fingerprint density at radius 3 is 2.42 bits per heavy atom. The summed E-state index contributed by atoms with van der Waals surface area (Å²) in [6.07, 6.45) is 1.01. The monoisotopic (exact) mass is 355 g/mol. The average Bonchev–Trinajstić information content (AvgIpc) is 3.14. The van der Waals surface area contributed by atoms with Gasteiger partial charge in [0.05, 0.1) is 7.11 Å². The molecule has 1 fully saturated rings. The lowest BCUT2D eigenvalue weighted by Gasteiger charge is -2.20. The highest BCUT2D eigenvalue weighted by molar-refractivity contribution is 5.89. The standard InChI is InChI=1S/C20H25N3O3/c1-22(2)16-12-13-23(14-16)20(24)21-15-8-10-17(11-9-15)26-19-7-5-4-6-18(19)25-3/h4-11,16H,12-14H2,1-3H3,(H,21,24)/t16-/m0/s1. The Labute approximate surface area is 154 Å². The predicted molar refractivity (Wildman–Crippen MR) is 102 cm³/mol. The molecule has 1 heterocycles. The molecule has 6 nitrogen and oxygen atoms in total. The van der Waals surface area contributed by atoms with Gasteiger partial charge in [-0.05, 0) is 56.9 Å².